The molecule has 8 heteroatoms. The number of carboxylic acid groups (broad SMARTS) is 1. The van der Waals surface area contributed by atoms with Crippen LogP contribution in [0, 0.1) is 12.7 Å². The Morgan fingerprint density at radius 2 is 1.88 bits per heavy atom. The van der Waals surface area contributed by atoms with Crippen LogP contribution in [-0.4, -0.2) is 47.6 Å². The molecule has 2 N–H and O–H groups in total. The van der Waals surface area contributed by atoms with Crippen LogP contribution in [0.2, 0.25) is 0 Å². The highest BCUT2D eigenvalue weighted by Gasteiger charge is 2.28. The number of benzene rings is 2. The second kappa shape index (κ2) is 9.28. The maximum absolute atomic E-state index is 13.1. The first-order valence-corrected chi connectivity index (χ1v) is 10.7. The number of nitrogens with zero attached hydrogens (tertiary/aromatic N) is 3. The summed E-state index contributed by atoms with van der Waals surface area (Å²) in [6.07, 6.45) is 1.45. The van der Waals surface area contributed by atoms with Crippen LogP contribution in [0.4, 0.5) is 21.6 Å². The van der Waals surface area contributed by atoms with Crippen molar-refractivity contribution in [3.8, 4) is 0 Å². The van der Waals surface area contributed by atoms with Crippen LogP contribution in [0.25, 0.3) is 0 Å². The van der Waals surface area contributed by atoms with Crippen LogP contribution >= 0.6 is 0 Å². The Hall–Kier alpha value is -3.94. The van der Waals surface area contributed by atoms with Gasteiger partial charge in [-0.25, -0.2) is 14.2 Å². The molecular formula is C25H25FN4O3. The number of pyridine rings is 1. The number of anilines is 3. The maximum atomic E-state index is 13.1. The summed E-state index contributed by atoms with van der Waals surface area (Å²) in [7, 11) is 0. The lowest BCUT2D eigenvalue weighted by Crippen LogP contribution is -2.52. The second-order valence-corrected chi connectivity index (χ2v) is 8.19. The first kappa shape index (κ1) is 22.3. The van der Waals surface area contributed by atoms with Crippen molar-refractivity contribution in [3.63, 3.8) is 0 Å². The molecule has 0 unspecified atom stereocenters. The van der Waals surface area contributed by atoms with Gasteiger partial charge >= 0.3 is 5.97 Å². The van der Waals surface area contributed by atoms with E-state index in [0.29, 0.717) is 18.9 Å². The van der Waals surface area contributed by atoms with Crippen molar-refractivity contribution in [2.24, 2.45) is 0 Å². The number of hydrogen-bond donors (Lipinski definition) is 2. The highest BCUT2D eigenvalue weighted by Crippen LogP contribution is 2.27. The van der Waals surface area contributed by atoms with E-state index in [1.54, 1.807) is 0 Å². The van der Waals surface area contributed by atoms with Crippen molar-refractivity contribution in [2.75, 3.05) is 34.8 Å². The third-order valence-corrected chi connectivity index (χ3v) is 5.72. The third kappa shape index (κ3) is 4.95. The molecule has 0 aliphatic carbocycles. The molecule has 0 radical (unpaired) electrons. The molecule has 2 heterocycles. The highest BCUT2D eigenvalue weighted by molar-refractivity contribution is 6.05. The Kier molecular flexibility index (Phi) is 6.26. The van der Waals surface area contributed by atoms with Crippen LogP contribution in [0.1, 0.15) is 33.2 Å². The molecule has 7 nitrogen and oxygen atoms in total. The summed E-state index contributed by atoms with van der Waals surface area (Å²) < 4.78 is 13.1. The number of hydrogen-bond acceptors (Lipinski definition) is 5. The Morgan fingerprint density at radius 1 is 1.12 bits per heavy atom. The standard InChI is InChI=1S/C25H25FN4O3/c1-16-4-3-5-21(12-16)30-11-10-29(15-17(30)2)23-22(25(32)33)13-20(14-27-23)28-24(31)18-6-8-19(26)9-7-18/h3-9,12-14,17H,10-11,15H2,1-2H3,(H,28,31)(H,32,33)/t17-/m1/s1. The van der Waals surface area contributed by atoms with Gasteiger partial charge in [0.15, 0.2) is 0 Å². The molecule has 1 saturated heterocycles. The number of aromatic carboxylic acids is 1. The largest absolute Gasteiger partial charge is 0.478 e. The molecule has 1 aliphatic rings. The van der Waals surface area contributed by atoms with Crippen molar-refractivity contribution >= 4 is 29.1 Å². The summed E-state index contributed by atoms with van der Waals surface area (Å²) in [4.78, 5) is 33.0. The maximum Gasteiger partial charge on any atom is 0.339 e. The van der Waals surface area contributed by atoms with E-state index in [-0.39, 0.29) is 22.9 Å². The van der Waals surface area contributed by atoms with Gasteiger partial charge in [-0.05, 0) is 61.9 Å². The summed E-state index contributed by atoms with van der Waals surface area (Å²) >= 11 is 0. The highest BCUT2D eigenvalue weighted by atomic mass is 19.1. The molecule has 0 spiro atoms. The lowest BCUT2D eigenvalue weighted by molar-refractivity contribution is 0.0696. The normalized spacial score (nSPS) is 15.9. The Morgan fingerprint density at radius 3 is 2.55 bits per heavy atom. The van der Waals surface area contributed by atoms with Gasteiger partial charge in [0, 0.05) is 36.9 Å². The number of rotatable bonds is 5. The molecule has 2 aromatic carbocycles. The molecule has 0 bridgehead atoms. The van der Waals surface area contributed by atoms with Gasteiger partial charge in [0.1, 0.15) is 17.2 Å². The monoisotopic (exact) mass is 448 g/mol. The predicted molar refractivity (Wildman–Crippen MR) is 126 cm³/mol. The van der Waals surface area contributed by atoms with E-state index in [2.05, 4.69) is 47.2 Å². The molecule has 4 rings (SSSR count). The lowest BCUT2D eigenvalue weighted by Gasteiger charge is -2.42. The zero-order valence-corrected chi connectivity index (χ0v) is 18.5. The zero-order valence-electron chi connectivity index (χ0n) is 18.5. The number of halogens is 1. The van der Waals surface area contributed by atoms with E-state index >= 15 is 0 Å². The van der Waals surface area contributed by atoms with Gasteiger partial charge in [-0.2, -0.15) is 0 Å². The minimum Gasteiger partial charge on any atom is -0.478 e. The minimum atomic E-state index is -1.12. The first-order chi connectivity index (χ1) is 15.8. The quantitative estimate of drug-likeness (QED) is 0.609. The molecule has 170 valence electrons. The van der Waals surface area contributed by atoms with Crippen LogP contribution in [0.3, 0.4) is 0 Å². The molecule has 33 heavy (non-hydrogen) atoms. The number of carbonyl (C=O) groups is 2. The van der Waals surface area contributed by atoms with Crippen LogP contribution in [0.15, 0.2) is 60.8 Å². The SMILES string of the molecule is Cc1cccc(N2CCN(c3ncc(NC(=O)c4ccc(F)cc4)cc3C(=O)O)C[C@H]2C)c1. The molecule has 3 aromatic rings. The molecule has 1 amide bonds. The van der Waals surface area contributed by atoms with Gasteiger partial charge in [0.25, 0.3) is 5.91 Å². The van der Waals surface area contributed by atoms with Crippen molar-refractivity contribution in [1.29, 1.82) is 0 Å². The molecular weight excluding hydrogens is 423 g/mol. The van der Waals surface area contributed by atoms with E-state index < -0.39 is 17.7 Å². The van der Waals surface area contributed by atoms with Gasteiger partial charge in [-0.3, -0.25) is 4.79 Å². The number of aromatic nitrogens is 1. The van der Waals surface area contributed by atoms with Crippen molar-refractivity contribution < 1.29 is 19.1 Å². The van der Waals surface area contributed by atoms with Crippen molar-refractivity contribution in [1.82, 2.24) is 4.98 Å². The van der Waals surface area contributed by atoms with Gasteiger partial charge in [0.05, 0.1) is 11.9 Å². The summed E-state index contributed by atoms with van der Waals surface area (Å²) in [6.45, 7) is 6.12. The summed E-state index contributed by atoms with van der Waals surface area (Å²) in [5.41, 5.74) is 2.88. The molecule has 0 saturated carbocycles. The van der Waals surface area contributed by atoms with Gasteiger partial charge in [0.2, 0.25) is 0 Å². The van der Waals surface area contributed by atoms with Gasteiger partial charge in [-0.1, -0.05) is 12.1 Å². The van der Waals surface area contributed by atoms with E-state index in [1.807, 2.05) is 11.0 Å². The summed E-state index contributed by atoms with van der Waals surface area (Å²) in [6, 6.07) is 15.0. The fourth-order valence-corrected chi connectivity index (χ4v) is 4.08. The number of amides is 1. The van der Waals surface area contributed by atoms with Crippen molar-refractivity contribution in [2.45, 2.75) is 19.9 Å². The van der Waals surface area contributed by atoms with E-state index in [1.165, 1.54) is 42.1 Å². The van der Waals surface area contributed by atoms with E-state index in [4.69, 9.17) is 0 Å². The minimum absolute atomic E-state index is 0.0168. The van der Waals surface area contributed by atoms with Crippen molar-refractivity contribution in [3.05, 3.63) is 83.3 Å². The van der Waals surface area contributed by atoms with Gasteiger partial charge in [-0.15, -0.1) is 0 Å². The average molecular weight is 448 g/mol. The number of nitrogens with one attached hydrogen (secondary N) is 1. The Bertz CT molecular complexity index is 1180. The second-order valence-electron chi connectivity index (χ2n) is 8.19. The Balaban J connectivity index is 1.52. The fourth-order valence-electron chi connectivity index (χ4n) is 4.08. The molecule has 1 fully saturated rings. The molecule has 1 atom stereocenters. The van der Waals surface area contributed by atoms with E-state index in [9.17, 15) is 19.1 Å². The van der Waals surface area contributed by atoms with Crippen LogP contribution in [-0.2, 0) is 0 Å². The molecule has 1 aliphatic heterocycles. The van der Waals surface area contributed by atoms with Gasteiger partial charge < -0.3 is 20.2 Å². The topological polar surface area (TPSA) is 85.8 Å². The van der Waals surface area contributed by atoms with Crippen LogP contribution < -0.4 is 15.1 Å². The summed E-state index contributed by atoms with van der Waals surface area (Å²) in [5.74, 6) is -1.66. The number of carboxylic acids is 1. The predicted octanol–water partition coefficient (Wildman–Crippen LogP) is 4.19. The lowest BCUT2D eigenvalue weighted by atomic mass is 10.1. The number of piperazine rings is 1. The Labute approximate surface area is 191 Å². The van der Waals surface area contributed by atoms with Crippen LogP contribution in [0.5, 0.6) is 0 Å². The fraction of sp³-hybridized carbons (Fsp3) is 0.240. The zero-order chi connectivity index (χ0) is 23.5. The van der Waals surface area contributed by atoms with E-state index in [0.717, 1.165) is 12.2 Å². The number of aryl methyl sites for hydroxylation is 1. The third-order valence-electron chi connectivity index (χ3n) is 5.72. The molecule has 1 aromatic heterocycles. The smallest absolute Gasteiger partial charge is 0.339 e. The first-order valence-electron chi connectivity index (χ1n) is 10.7. The summed E-state index contributed by atoms with van der Waals surface area (Å²) in [5, 5.41) is 12.4. The average Bonchev–Trinajstić information content (AvgIpc) is 2.79. The number of carbonyl (C=O) groups excluding carboxylic acids is 1.